The van der Waals surface area contributed by atoms with Gasteiger partial charge in [0, 0.05) is 29.9 Å². The molecule has 5 rings (SSSR count). The zero-order valence-corrected chi connectivity index (χ0v) is 17.7. The SMILES string of the molecule is CCC(=O)N1CCc2cc(C(=O)NCc3nn(-c4ccccc4)c4c3CCC4)ccc21. The van der Waals surface area contributed by atoms with Crippen molar-refractivity contribution in [1.82, 2.24) is 15.1 Å². The molecule has 1 aliphatic heterocycles. The summed E-state index contributed by atoms with van der Waals surface area (Å²) in [6.45, 7) is 2.98. The first-order valence-corrected chi connectivity index (χ1v) is 11.0. The van der Waals surface area contributed by atoms with Crippen LogP contribution in [0.4, 0.5) is 5.69 Å². The van der Waals surface area contributed by atoms with E-state index in [0.717, 1.165) is 48.3 Å². The van der Waals surface area contributed by atoms with Crippen molar-refractivity contribution in [2.24, 2.45) is 0 Å². The minimum absolute atomic E-state index is 0.107. The number of carbonyl (C=O) groups is 2. The molecule has 2 aromatic carbocycles. The predicted octanol–water partition coefficient (Wildman–Crippen LogP) is 3.59. The highest BCUT2D eigenvalue weighted by Gasteiger charge is 2.25. The fourth-order valence-electron chi connectivity index (χ4n) is 4.70. The molecule has 1 aromatic heterocycles. The van der Waals surface area contributed by atoms with Crippen LogP contribution in [0.1, 0.15) is 52.6 Å². The van der Waals surface area contributed by atoms with E-state index in [1.165, 1.54) is 11.3 Å². The Bertz CT molecular complexity index is 1150. The number of carbonyl (C=O) groups excluding carboxylic acids is 2. The molecule has 2 aliphatic rings. The average Bonchev–Trinajstić information content (AvgIpc) is 3.52. The third-order valence-corrected chi connectivity index (χ3v) is 6.27. The number of amides is 2. The second-order valence-corrected chi connectivity index (χ2v) is 8.15. The van der Waals surface area contributed by atoms with Crippen molar-refractivity contribution in [3.63, 3.8) is 0 Å². The number of para-hydroxylation sites is 1. The molecule has 2 amide bonds. The van der Waals surface area contributed by atoms with E-state index < -0.39 is 0 Å². The highest BCUT2D eigenvalue weighted by Crippen LogP contribution is 2.30. The lowest BCUT2D eigenvalue weighted by Gasteiger charge is -2.16. The summed E-state index contributed by atoms with van der Waals surface area (Å²) >= 11 is 0. The monoisotopic (exact) mass is 414 g/mol. The van der Waals surface area contributed by atoms with Gasteiger partial charge in [-0.25, -0.2) is 4.68 Å². The van der Waals surface area contributed by atoms with Crippen molar-refractivity contribution in [2.75, 3.05) is 11.4 Å². The standard InChI is InChI=1S/C25H26N4O2/c1-2-24(30)28-14-13-17-15-18(11-12-22(17)28)25(31)26-16-21-20-9-6-10-23(20)29(27-21)19-7-4-3-5-8-19/h3-5,7-8,11-12,15H,2,6,9-10,13-14,16H2,1H3,(H,26,31). The molecule has 0 saturated carbocycles. The van der Waals surface area contributed by atoms with Gasteiger partial charge in [0.1, 0.15) is 0 Å². The van der Waals surface area contributed by atoms with Gasteiger partial charge in [0.05, 0.1) is 17.9 Å². The molecule has 3 aromatic rings. The number of benzene rings is 2. The molecule has 2 heterocycles. The van der Waals surface area contributed by atoms with E-state index in [4.69, 9.17) is 5.10 Å². The minimum Gasteiger partial charge on any atom is -0.346 e. The molecule has 1 N–H and O–H groups in total. The van der Waals surface area contributed by atoms with Crippen LogP contribution in [-0.2, 0) is 30.6 Å². The molecule has 6 heteroatoms. The number of nitrogens with one attached hydrogen (secondary N) is 1. The van der Waals surface area contributed by atoms with Gasteiger partial charge in [-0.1, -0.05) is 25.1 Å². The van der Waals surface area contributed by atoms with Gasteiger partial charge in [-0.3, -0.25) is 9.59 Å². The van der Waals surface area contributed by atoms with Crippen molar-refractivity contribution in [1.29, 1.82) is 0 Å². The zero-order valence-electron chi connectivity index (χ0n) is 17.7. The van der Waals surface area contributed by atoms with Crippen LogP contribution in [0.15, 0.2) is 48.5 Å². The van der Waals surface area contributed by atoms with Gasteiger partial charge in [0.25, 0.3) is 5.91 Å². The molecule has 6 nitrogen and oxygen atoms in total. The maximum Gasteiger partial charge on any atom is 0.251 e. The Balaban J connectivity index is 1.32. The van der Waals surface area contributed by atoms with Crippen molar-refractivity contribution in [3.05, 3.63) is 76.6 Å². The highest BCUT2D eigenvalue weighted by molar-refractivity contribution is 5.98. The maximum absolute atomic E-state index is 12.8. The van der Waals surface area contributed by atoms with Crippen LogP contribution in [0, 0.1) is 0 Å². The third-order valence-electron chi connectivity index (χ3n) is 6.27. The first-order valence-electron chi connectivity index (χ1n) is 11.0. The number of anilines is 1. The summed E-state index contributed by atoms with van der Waals surface area (Å²) in [4.78, 5) is 26.7. The Labute approximate surface area is 181 Å². The Hall–Kier alpha value is -3.41. The Kier molecular flexibility index (Phi) is 5.06. The Morgan fingerprint density at radius 1 is 1.06 bits per heavy atom. The molecule has 0 bridgehead atoms. The van der Waals surface area contributed by atoms with Gasteiger partial charge in [-0.15, -0.1) is 0 Å². The first kappa shape index (κ1) is 19.5. The topological polar surface area (TPSA) is 67.2 Å². The van der Waals surface area contributed by atoms with E-state index in [0.29, 0.717) is 25.1 Å². The van der Waals surface area contributed by atoms with Gasteiger partial charge in [0.2, 0.25) is 5.91 Å². The van der Waals surface area contributed by atoms with Gasteiger partial charge in [-0.05, 0) is 67.1 Å². The molecule has 0 fully saturated rings. The Morgan fingerprint density at radius 3 is 2.71 bits per heavy atom. The molecular weight excluding hydrogens is 388 g/mol. The zero-order chi connectivity index (χ0) is 21.4. The number of rotatable bonds is 5. The van der Waals surface area contributed by atoms with Crippen LogP contribution < -0.4 is 10.2 Å². The summed E-state index contributed by atoms with van der Waals surface area (Å²) in [5.74, 6) is 0.0166. The third kappa shape index (κ3) is 3.52. The largest absolute Gasteiger partial charge is 0.346 e. The summed E-state index contributed by atoms with van der Waals surface area (Å²) in [6, 6.07) is 15.8. The second kappa shape index (κ2) is 8.02. The number of aromatic nitrogens is 2. The maximum atomic E-state index is 12.8. The van der Waals surface area contributed by atoms with Gasteiger partial charge >= 0.3 is 0 Å². The van der Waals surface area contributed by atoms with Crippen molar-refractivity contribution in [2.45, 2.75) is 45.6 Å². The second-order valence-electron chi connectivity index (χ2n) is 8.15. The Morgan fingerprint density at radius 2 is 1.90 bits per heavy atom. The molecule has 31 heavy (non-hydrogen) atoms. The van der Waals surface area contributed by atoms with Gasteiger partial charge in [0.15, 0.2) is 0 Å². The molecule has 0 unspecified atom stereocenters. The van der Waals surface area contributed by atoms with Crippen LogP contribution in [0.2, 0.25) is 0 Å². The van der Waals surface area contributed by atoms with Crippen LogP contribution in [-0.4, -0.2) is 28.1 Å². The molecule has 0 atom stereocenters. The van der Waals surface area contributed by atoms with Crippen LogP contribution in [0.5, 0.6) is 0 Å². The molecule has 1 aliphatic carbocycles. The van der Waals surface area contributed by atoms with Crippen LogP contribution >= 0.6 is 0 Å². The van der Waals surface area contributed by atoms with Gasteiger partial charge < -0.3 is 10.2 Å². The molecule has 0 spiro atoms. The quantitative estimate of drug-likeness (QED) is 0.694. The lowest BCUT2D eigenvalue weighted by atomic mass is 10.1. The van der Waals surface area contributed by atoms with E-state index in [1.807, 2.05) is 52.9 Å². The first-order chi connectivity index (χ1) is 15.2. The molecule has 158 valence electrons. The average molecular weight is 415 g/mol. The lowest BCUT2D eigenvalue weighted by molar-refractivity contribution is -0.118. The normalized spacial score (nSPS) is 14.4. The number of nitrogens with zero attached hydrogens (tertiary/aromatic N) is 3. The summed E-state index contributed by atoms with van der Waals surface area (Å²) in [5.41, 5.74) is 7.16. The van der Waals surface area contributed by atoms with Crippen molar-refractivity contribution >= 4 is 17.5 Å². The smallest absolute Gasteiger partial charge is 0.251 e. The molecule has 0 radical (unpaired) electrons. The van der Waals surface area contributed by atoms with E-state index >= 15 is 0 Å². The highest BCUT2D eigenvalue weighted by atomic mass is 16.2. The number of hydrogen-bond donors (Lipinski definition) is 1. The summed E-state index contributed by atoms with van der Waals surface area (Å²) in [7, 11) is 0. The van der Waals surface area contributed by atoms with Gasteiger partial charge in [-0.2, -0.15) is 5.10 Å². The van der Waals surface area contributed by atoms with E-state index in [9.17, 15) is 9.59 Å². The van der Waals surface area contributed by atoms with E-state index in [1.54, 1.807) is 0 Å². The summed E-state index contributed by atoms with van der Waals surface area (Å²) in [5, 5.41) is 7.87. The van der Waals surface area contributed by atoms with E-state index in [2.05, 4.69) is 17.4 Å². The summed E-state index contributed by atoms with van der Waals surface area (Å²) < 4.78 is 2.03. The van der Waals surface area contributed by atoms with Crippen LogP contribution in [0.3, 0.4) is 0 Å². The van der Waals surface area contributed by atoms with E-state index in [-0.39, 0.29) is 11.8 Å². The minimum atomic E-state index is -0.107. The molecular formula is C25H26N4O2. The summed E-state index contributed by atoms with van der Waals surface area (Å²) in [6.07, 6.45) is 4.42. The number of hydrogen-bond acceptors (Lipinski definition) is 3. The van der Waals surface area contributed by atoms with Crippen LogP contribution in [0.25, 0.3) is 5.69 Å². The van der Waals surface area contributed by atoms with Crippen molar-refractivity contribution in [3.8, 4) is 5.69 Å². The van der Waals surface area contributed by atoms with Crippen molar-refractivity contribution < 1.29 is 9.59 Å². The number of fused-ring (bicyclic) bond motifs is 2. The fourth-order valence-corrected chi connectivity index (χ4v) is 4.70. The predicted molar refractivity (Wildman–Crippen MR) is 120 cm³/mol. The molecule has 0 saturated heterocycles. The fraction of sp³-hybridized carbons (Fsp3) is 0.320. The lowest BCUT2D eigenvalue weighted by Crippen LogP contribution is -2.27.